The second-order valence-corrected chi connectivity index (χ2v) is 7.78. The van der Waals surface area contributed by atoms with Crippen molar-refractivity contribution in [2.45, 2.75) is 11.0 Å². The van der Waals surface area contributed by atoms with Gasteiger partial charge in [-0.3, -0.25) is 9.10 Å². The molecule has 2 aromatic rings. The number of anilines is 1. The first-order valence-corrected chi connectivity index (χ1v) is 9.29. The highest BCUT2D eigenvalue weighted by molar-refractivity contribution is 7.93. The maximum absolute atomic E-state index is 13.3. The summed E-state index contributed by atoms with van der Waals surface area (Å²) in [5.74, 6) is -0.0368. The maximum Gasteiger partial charge on any atom is 0.265 e. The lowest BCUT2D eigenvalue weighted by atomic mass is 10.2. The number of nitrogens with zero attached hydrogens (tertiary/aromatic N) is 3. The van der Waals surface area contributed by atoms with Crippen LogP contribution in [0.2, 0.25) is 0 Å². The third-order valence-electron chi connectivity index (χ3n) is 4.03. The zero-order valence-corrected chi connectivity index (χ0v) is 15.1. The van der Waals surface area contributed by atoms with Gasteiger partial charge >= 0.3 is 0 Å². The Labute approximate surface area is 152 Å². The molecule has 0 aromatic heterocycles. The van der Waals surface area contributed by atoms with Gasteiger partial charge in [-0.05, 0) is 24.3 Å². The van der Waals surface area contributed by atoms with Crippen LogP contribution in [0.5, 0.6) is 5.75 Å². The van der Waals surface area contributed by atoms with Gasteiger partial charge < -0.3 is 9.64 Å². The van der Waals surface area contributed by atoms with Gasteiger partial charge in [0.25, 0.3) is 15.9 Å². The molecule has 0 aliphatic carbocycles. The second-order valence-electron chi connectivity index (χ2n) is 5.95. The van der Waals surface area contributed by atoms with Crippen LogP contribution in [0, 0.1) is 11.3 Å². The Morgan fingerprint density at radius 3 is 2.54 bits per heavy atom. The molecule has 1 aliphatic rings. The fraction of sp³-hybridized carbons (Fsp3) is 0.222. The van der Waals surface area contributed by atoms with Gasteiger partial charge in [-0.2, -0.15) is 5.26 Å². The lowest BCUT2D eigenvalue weighted by Gasteiger charge is -2.35. The van der Waals surface area contributed by atoms with Crippen LogP contribution in [0.3, 0.4) is 0 Å². The van der Waals surface area contributed by atoms with Gasteiger partial charge in [0.1, 0.15) is 16.7 Å². The van der Waals surface area contributed by atoms with Crippen molar-refractivity contribution in [3.05, 3.63) is 54.1 Å². The van der Waals surface area contributed by atoms with Crippen molar-refractivity contribution in [3.8, 4) is 11.8 Å². The van der Waals surface area contributed by atoms with Crippen LogP contribution in [-0.2, 0) is 14.8 Å². The van der Waals surface area contributed by atoms with Crippen LogP contribution in [0.15, 0.2) is 53.4 Å². The molecule has 8 heteroatoms. The van der Waals surface area contributed by atoms with Gasteiger partial charge in [0, 0.05) is 14.1 Å². The molecule has 0 fully saturated rings. The summed E-state index contributed by atoms with van der Waals surface area (Å²) in [6.45, 7) is -0.171. The summed E-state index contributed by atoms with van der Waals surface area (Å²) in [6.07, 6.45) is -0.969. The van der Waals surface area contributed by atoms with Crippen molar-refractivity contribution in [3.63, 3.8) is 0 Å². The Hall–Kier alpha value is -3.05. The van der Waals surface area contributed by atoms with Crippen molar-refractivity contribution < 1.29 is 17.9 Å². The average molecular weight is 371 g/mol. The number of benzene rings is 2. The van der Waals surface area contributed by atoms with E-state index in [0.717, 1.165) is 4.31 Å². The first-order chi connectivity index (χ1) is 12.4. The molecule has 0 saturated heterocycles. The van der Waals surface area contributed by atoms with Crippen LogP contribution in [0.1, 0.15) is 5.56 Å². The number of carbonyl (C=O) groups is 1. The largest absolute Gasteiger partial charge is 0.476 e. The molecule has 0 bridgehead atoms. The maximum atomic E-state index is 13.3. The van der Waals surface area contributed by atoms with E-state index in [1.165, 1.54) is 17.0 Å². The average Bonchev–Trinajstić information content (AvgIpc) is 2.66. The van der Waals surface area contributed by atoms with Crippen LogP contribution in [-0.4, -0.2) is 46.0 Å². The van der Waals surface area contributed by atoms with Crippen LogP contribution in [0.4, 0.5) is 5.69 Å². The number of ether oxygens (including phenoxy) is 1. The normalized spacial score (nSPS) is 16.2. The van der Waals surface area contributed by atoms with E-state index in [1.807, 2.05) is 6.07 Å². The van der Waals surface area contributed by atoms with Crippen LogP contribution < -0.4 is 9.04 Å². The third kappa shape index (κ3) is 2.97. The van der Waals surface area contributed by atoms with Gasteiger partial charge in [-0.15, -0.1) is 0 Å². The van der Waals surface area contributed by atoms with E-state index in [2.05, 4.69) is 0 Å². The second kappa shape index (κ2) is 6.69. The number of rotatable bonds is 3. The van der Waals surface area contributed by atoms with Gasteiger partial charge in [-0.1, -0.05) is 24.3 Å². The Bertz CT molecular complexity index is 995. The molecule has 0 N–H and O–H groups in total. The van der Waals surface area contributed by atoms with Crippen molar-refractivity contribution in [2.75, 3.05) is 24.9 Å². The van der Waals surface area contributed by atoms with E-state index in [1.54, 1.807) is 50.5 Å². The summed E-state index contributed by atoms with van der Waals surface area (Å²) in [5.41, 5.74) is 0.384. The molecule has 1 atom stereocenters. The summed E-state index contributed by atoms with van der Waals surface area (Å²) >= 11 is 0. The SMILES string of the molecule is CN(C)C(=O)[C@@H]1CN(S(=O)(=O)c2ccccc2C#N)c2ccccc2O1. The summed E-state index contributed by atoms with van der Waals surface area (Å²) in [7, 11) is -0.891. The van der Waals surface area contributed by atoms with Gasteiger partial charge in [0.15, 0.2) is 6.10 Å². The predicted octanol–water partition coefficient (Wildman–Crippen LogP) is 1.60. The number of fused-ring (bicyclic) bond motifs is 1. The molecule has 7 nitrogen and oxygen atoms in total. The summed E-state index contributed by atoms with van der Waals surface area (Å²) < 4.78 is 33.4. The Morgan fingerprint density at radius 2 is 1.85 bits per heavy atom. The number of likely N-dealkylation sites (N-methyl/N-ethyl adjacent to an activating group) is 1. The molecule has 26 heavy (non-hydrogen) atoms. The van der Waals surface area contributed by atoms with E-state index in [0.29, 0.717) is 11.4 Å². The lowest BCUT2D eigenvalue weighted by Crippen LogP contribution is -2.50. The van der Waals surface area contributed by atoms with Crippen molar-refractivity contribution in [1.29, 1.82) is 5.26 Å². The minimum atomic E-state index is -4.05. The van der Waals surface area contributed by atoms with E-state index < -0.39 is 16.1 Å². The molecule has 2 aromatic carbocycles. The monoisotopic (exact) mass is 371 g/mol. The highest BCUT2D eigenvalue weighted by atomic mass is 32.2. The third-order valence-corrected chi connectivity index (χ3v) is 5.86. The number of carbonyl (C=O) groups excluding carboxylic acids is 1. The number of hydrogen-bond acceptors (Lipinski definition) is 5. The fourth-order valence-electron chi connectivity index (χ4n) is 2.75. The molecule has 0 unspecified atom stereocenters. The van der Waals surface area contributed by atoms with Gasteiger partial charge in [0.05, 0.1) is 17.8 Å². The number of sulfonamides is 1. The van der Waals surface area contributed by atoms with E-state index in [9.17, 15) is 18.5 Å². The first kappa shape index (κ1) is 17.8. The van der Waals surface area contributed by atoms with E-state index >= 15 is 0 Å². The van der Waals surface area contributed by atoms with Crippen molar-refractivity contribution >= 4 is 21.6 Å². The predicted molar refractivity (Wildman–Crippen MR) is 95.2 cm³/mol. The van der Waals surface area contributed by atoms with Crippen LogP contribution in [0.25, 0.3) is 0 Å². The molecule has 0 radical (unpaired) electrons. The van der Waals surface area contributed by atoms with Crippen molar-refractivity contribution in [1.82, 2.24) is 4.90 Å². The van der Waals surface area contributed by atoms with E-state index in [4.69, 9.17) is 4.74 Å². The summed E-state index contributed by atoms with van der Waals surface area (Å²) in [4.78, 5) is 13.6. The zero-order valence-electron chi connectivity index (χ0n) is 14.3. The molecule has 0 spiro atoms. The highest BCUT2D eigenvalue weighted by Gasteiger charge is 2.38. The minimum Gasteiger partial charge on any atom is -0.476 e. The smallest absolute Gasteiger partial charge is 0.265 e. The fourth-order valence-corrected chi connectivity index (χ4v) is 4.37. The molecule has 134 valence electrons. The standard InChI is InChI=1S/C18H17N3O4S/c1-20(2)18(22)16-12-21(14-8-4-5-9-15(14)25-16)26(23,24)17-10-6-3-7-13(17)11-19/h3-10,16H,12H2,1-2H3/t16-/m0/s1. The summed E-state index contributed by atoms with van der Waals surface area (Å²) in [6, 6.07) is 14.5. The number of nitriles is 1. The van der Waals surface area contributed by atoms with Gasteiger partial charge in [-0.25, -0.2) is 8.42 Å². The topological polar surface area (TPSA) is 90.7 Å². The molecule has 1 heterocycles. The molecule has 1 amide bonds. The lowest BCUT2D eigenvalue weighted by molar-refractivity contribution is -0.135. The number of para-hydroxylation sites is 2. The summed E-state index contributed by atoms with van der Waals surface area (Å²) in [5, 5.41) is 9.27. The Balaban J connectivity index is 2.13. The van der Waals surface area contributed by atoms with E-state index in [-0.39, 0.29) is 22.9 Å². The quantitative estimate of drug-likeness (QED) is 0.817. The highest BCUT2D eigenvalue weighted by Crippen LogP contribution is 2.37. The Kier molecular flexibility index (Phi) is 4.57. The number of amides is 1. The van der Waals surface area contributed by atoms with Crippen molar-refractivity contribution in [2.24, 2.45) is 0 Å². The molecule has 0 saturated carbocycles. The molecular formula is C18H17N3O4S. The molecule has 3 rings (SSSR count). The minimum absolute atomic E-state index is 0.0481. The molecule has 1 aliphatic heterocycles. The van der Waals surface area contributed by atoms with Gasteiger partial charge in [0.2, 0.25) is 0 Å². The zero-order chi connectivity index (χ0) is 18.9. The molecular weight excluding hydrogens is 354 g/mol. The van der Waals surface area contributed by atoms with Crippen LogP contribution >= 0.6 is 0 Å². The Morgan fingerprint density at radius 1 is 1.19 bits per heavy atom. The first-order valence-electron chi connectivity index (χ1n) is 7.85. The number of hydrogen-bond donors (Lipinski definition) is 0.